The molecule has 0 fully saturated rings. The summed E-state index contributed by atoms with van der Waals surface area (Å²) in [7, 11) is 0. The van der Waals surface area contributed by atoms with Crippen LogP contribution in [0.4, 0.5) is 5.69 Å². The van der Waals surface area contributed by atoms with Crippen molar-refractivity contribution >= 4 is 59.7 Å². The van der Waals surface area contributed by atoms with E-state index in [1.807, 2.05) is 72.9 Å². The van der Waals surface area contributed by atoms with Gasteiger partial charge in [-0.2, -0.15) is 0 Å². The van der Waals surface area contributed by atoms with Crippen molar-refractivity contribution in [3.05, 3.63) is 91.3 Å². The first-order chi connectivity index (χ1) is 12.1. The number of nitrogens with zero attached hydrogens (tertiary/aromatic N) is 1. The minimum Gasteiger partial charge on any atom is -0.489 e. The fourth-order valence-corrected chi connectivity index (χ4v) is 3.55. The quantitative estimate of drug-likeness (QED) is 0.321. The van der Waals surface area contributed by atoms with E-state index in [4.69, 9.17) is 4.74 Å². The monoisotopic (exact) mass is 521 g/mol. The predicted octanol–water partition coefficient (Wildman–Crippen LogP) is 7.30. The molecule has 2 nitrogen and oxygen atoms in total. The van der Waals surface area contributed by atoms with E-state index < -0.39 is 0 Å². The Labute approximate surface area is 172 Å². The fourth-order valence-electron chi connectivity index (χ4n) is 2.13. The minimum atomic E-state index is 0.514. The lowest BCUT2D eigenvalue weighted by Gasteiger charge is -2.08. The van der Waals surface area contributed by atoms with Gasteiger partial charge in [0, 0.05) is 25.2 Å². The summed E-state index contributed by atoms with van der Waals surface area (Å²) in [5.74, 6) is 0.829. The van der Waals surface area contributed by atoms with E-state index in [0.29, 0.717) is 6.61 Å². The van der Waals surface area contributed by atoms with Gasteiger partial charge in [-0.3, -0.25) is 4.99 Å². The van der Waals surface area contributed by atoms with Crippen LogP contribution >= 0.6 is 47.8 Å². The topological polar surface area (TPSA) is 21.6 Å². The molecular formula is C20H14Br3NO. The van der Waals surface area contributed by atoms with Crippen molar-refractivity contribution in [2.24, 2.45) is 4.99 Å². The Morgan fingerprint density at radius 2 is 1.48 bits per heavy atom. The molecule has 0 N–H and O–H groups in total. The molecule has 0 saturated heterocycles. The Hall–Kier alpha value is -1.43. The predicted molar refractivity (Wildman–Crippen MR) is 114 cm³/mol. The fraction of sp³-hybridized carbons (Fsp3) is 0.0500. The zero-order valence-electron chi connectivity index (χ0n) is 13.1. The number of hydrogen-bond acceptors (Lipinski definition) is 2. The third-order valence-electron chi connectivity index (χ3n) is 3.48. The zero-order chi connectivity index (χ0) is 17.6. The van der Waals surface area contributed by atoms with E-state index in [1.165, 1.54) is 0 Å². The van der Waals surface area contributed by atoms with Crippen LogP contribution < -0.4 is 4.74 Å². The van der Waals surface area contributed by atoms with Crippen LogP contribution in [0.3, 0.4) is 0 Å². The summed E-state index contributed by atoms with van der Waals surface area (Å²) in [6.45, 7) is 0.514. The van der Waals surface area contributed by atoms with Crippen LogP contribution in [0, 0.1) is 0 Å². The smallest absolute Gasteiger partial charge is 0.119 e. The molecule has 0 radical (unpaired) electrons. The molecule has 3 rings (SSSR count). The Kier molecular flexibility index (Phi) is 6.45. The van der Waals surface area contributed by atoms with E-state index in [1.54, 1.807) is 0 Å². The van der Waals surface area contributed by atoms with Gasteiger partial charge in [0.05, 0.1) is 5.69 Å². The first-order valence-corrected chi connectivity index (χ1v) is 9.94. The number of hydrogen-bond donors (Lipinski definition) is 0. The van der Waals surface area contributed by atoms with Crippen molar-refractivity contribution in [3.8, 4) is 5.75 Å². The van der Waals surface area contributed by atoms with Crippen molar-refractivity contribution in [3.63, 3.8) is 0 Å². The number of aliphatic imine (C=N–C) groups is 1. The molecule has 0 atom stereocenters. The number of rotatable bonds is 5. The molecule has 0 bridgehead atoms. The second-order valence-corrected chi connectivity index (χ2v) is 8.01. The lowest BCUT2D eigenvalue weighted by molar-refractivity contribution is 0.305. The maximum Gasteiger partial charge on any atom is 0.119 e. The van der Waals surface area contributed by atoms with Crippen LogP contribution in [-0.4, -0.2) is 6.21 Å². The van der Waals surface area contributed by atoms with Gasteiger partial charge in [0.25, 0.3) is 0 Å². The van der Waals surface area contributed by atoms with Gasteiger partial charge in [0.15, 0.2) is 0 Å². The van der Waals surface area contributed by atoms with Crippen LogP contribution in [0.1, 0.15) is 11.1 Å². The molecule has 5 heteroatoms. The number of ether oxygens (including phenoxy) is 1. The molecule has 0 saturated carbocycles. The summed E-state index contributed by atoms with van der Waals surface area (Å²) in [6.07, 6.45) is 1.85. The highest BCUT2D eigenvalue weighted by atomic mass is 79.9. The SMILES string of the molecule is Brc1ccc(N=Cc2ccc(OCc3ccc(Br)cc3Br)cc2)cc1. The number of halogens is 3. The molecule has 0 aliphatic carbocycles. The zero-order valence-corrected chi connectivity index (χ0v) is 17.9. The van der Waals surface area contributed by atoms with E-state index in [-0.39, 0.29) is 0 Å². The molecule has 126 valence electrons. The summed E-state index contributed by atoms with van der Waals surface area (Å²) in [4.78, 5) is 4.46. The van der Waals surface area contributed by atoms with Gasteiger partial charge < -0.3 is 4.74 Å². The van der Waals surface area contributed by atoms with Crippen LogP contribution in [0.2, 0.25) is 0 Å². The van der Waals surface area contributed by atoms with Gasteiger partial charge in [-0.1, -0.05) is 53.9 Å². The molecule has 3 aromatic carbocycles. The summed E-state index contributed by atoms with van der Waals surface area (Å²) in [5.41, 5.74) is 3.05. The van der Waals surface area contributed by atoms with Crippen molar-refractivity contribution < 1.29 is 4.74 Å². The van der Waals surface area contributed by atoms with Crippen LogP contribution in [0.5, 0.6) is 5.75 Å². The Morgan fingerprint density at radius 3 is 2.16 bits per heavy atom. The molecule has 0 aliphatic rings. The normalized spacial score (nSPS) is 11.0. The average Bonchev–Trinajstić information content (AvgIpc) is 2.61. The minimum absolute atomic E-state index is 0.514. The van der Waals surface area contributed by atoms with Crippen molar-refractivity contribution in [1.82, 2.24) is 0 Å². The molecule has 0 heterocycles. The molecular weight excluding hydrogens is 510 g/mol. The van der Waals surface area contributed by atoms with E-state index in [9.17, 15) is 0 Å². The van der Waals surface area contributed by atoms with Crippen molar-refractivity contribution in [2.45, 2.75) is 6.61 Å². The van der Waals surface area contributed by atoms with Crippen molar-refractivity contribution in [2.75, 3.05) is 0 Å². The highest BCUT2D eigenvalue weighted by Gasteiger charge is 2.02. The first kappa shape index (κ1) is 18.4. The maximum absolute atomic E-state index is 5.85. The summed E-state index contributed by atoms with van der Waals surface area (Å²) in [5, 5.41) is 0. The first-order valence-electron chi connectivity index (χ1n) is 7.56. The molecule has 0 aromatic heterocycles. The van der Waals surface area contributed by atoms with Gasteiger partial charge in [-0.05, 0) is 66.2 Å². The van der Waals surface area contributed by atoms with Crippen molar-refractivity contribution in [1.29, 1.82) is 0 Å². The molecule has 0 unspecified atom stereocenters. The lowest BCUT2D eigenvalue weighted by Crippen LogP contribution is -1.96. The largest absolute Gasteiger partial charge is 0.489 e. The standard InChI is InChI=1S/C20H14Br3NO/c21-16-5-7-18(8-6-16)24-12-14-1-9-19(10-2-14)25-13-15-3-4-17(22)11-20(15)23/h1-12H,13H2. The Bertz CT molecular complexity index is 874. The van der Waals surface area contributed by atoms with Gasteiger partial charge in [-0.25, -0.2) is 0 Å². The van der Waals surface area contributed by atoms with Crippen LogP contribution in [0.25, 0.3) is 0 Å². The summed E-state index contributed by atoms with van der Waals surface area (Å²) < 4.78 is 8.96. The maximum atomic E-state index is 5.85. The van der Waals surface area contributed by atoms with Gasteiger partial charge in [-0.15, -0.1) is 0 Å². The molecule has 0 spiro atoms. The van der Waals surface area contributed by atoms with Crippen LogP contribution in [0.15, 0.2) is 85.1 Å². The molecule has 25 heavy (non-hydrogen) atoms. The van der Waals surface area contributed by atoms with E-state index in [2.05, 4.69) is 52.8 Å². The lowest BCUT2D eigenvalue weighted by atomic mass is 10.2. The third kappa shape index (κ3) is 5.53. The molecule has 0 aliphatic heterocycles. The van der Waals surface area contributed by atoms with Crippen LogP contribution in [-0.2, 0) is 6.61 Å². The third-order valence-corrected chi connectivity index (χ3v) is 5.24. The Balaban J connectivity index is 1.61. The molecule has 3 aromatic rings. The second kappa shape index (κ2) is 8.79. The van der Waals surface area contributed by atoms with E-state index in [0.717, 1.165) is 36.0 Å². The highest BCUT2D eigenvalue weighted by molar-refractivity contribution is 9.11. The van der Waals surface area contributed by atoms with E-state index >= 15 is 0 Å². The highest BCUT2D eigenvalue weighted by Crippen LogP contribution is 2.23. The van der Waals surface area contributed by atoms with Gasteiger partial charge in [0.1, 0.15) is 12.4 Å². The number of benzene rings is 3. The average molecular weight is 524 g/mol. The summed E-state index contributed by atoms with van der Waals surface area (Å²) >= 11 is 10.4. The van der Waals surface area contributed by atoms with Gasteiger partial charge >= 0.3 is 0 Å². The second-order valence-electron chi connectivity index (χ2n) is 5.33. The summed E-state index contributed by atoms with van der Waals surface area (Å²) in [6, 6.07) is 21.8. The Morgan fingerprint density at radius 1 is 0.800 bits per heavy atom. The van der Waals surface area contributed by atoms with Gasteiger partial charge in [0.2, 0.25) is 0 Å². The molecule has 0 amide bonds.